The first-order chi connectivity index (χ1) is 10.0. The van der Waals surface area contributed by atoms with Gasteiger partial charge in [-0.2, -0.15) is 0 Å². The zero-order chi connectivity index (χ0) is 15.4. The van der Waals surface area contributed by atoms with Crippen LogP contribution in [0.3, 0.4) is 0 Å². The second-order valence-corrected chi connectivity index (χ2v) is 3.95. The van der Waals surface area contributed by atoms with Crippen molar-refractivity contribution in [3.63, 3.8) is 0 Å². The molecule has 0 unspecified atom stereocenters. The van der Waals surface area contributed by atoms with Gasteiger partial charge < -0.3 is 15.7 Å². The predicted octanol–water partition coefficient (Wildman–Crippen LogP) is 2.62. The van der Waals surface area contributed by atoms with E-state index in [0.717, 1.165) is 18.2 Å². The van der Waals surface area contributed by atoms with Crippen LogP contribution in [-0.2, 0) is 0 Å². The summed E-state index contributed by atoms with van der Waals surface area (Å²) in [6, 6.07) is 9.16. The SMILES string of the molecule is NC(=NO)c1ccccc1Oc1ccc(F)cc1[N+](=O)[O-]. The van der Waals surface area contributed by atoms with E-state index in [4.69, 9.17) is 15.7 Å². The molecule has 0 fully saturated rings. The molecule has 0 spiro atoms. The van der Waals surface area contributed by atoms with E-state index in [1.165, 1.54) is 12.1 Å². The number of nitrogens with zero attached hydrogens (tertiary/aromatic N) is 2. The Morgan fingerprint density at radius 2 is 2.00 bits per heavy atom. The number of hydrogen-bond acceptors (Lipinski definition) is 5. The van der Waals surface area contributed by atoms with Crippen LogP contribution < -0.4 is 10.5 Å². The van der Waals surface area contributed by atoms with E-state index in [2.05, 4.69) is 5.16 Å². The Morgan fingerprint density at radius 1 is 1.29 bits per heavy atom. The van der Waals surface area contributed by atoms with Gasteiger partial charge in [0.05, 0.1) is 16.6 Å². The Kier molecular flexibility index (Phi) is 3.98. The lowest BCUT2D eigenvalue weighted by atomic mass is 10.2. The highest BCUT2D eigenvalue weighted by atomic mass is 19.1. The fraction of sp³-hybridized carbons (Fsp3) is 0. The summed E-state index contributed by atoms with van der Waals surface area (Å²) in [5, 5.41) is 22.5. The van der Waals surface area contributed by atoms with Gasteiger partial charge in [-0.25, -0.2) is 4.39 Å². The fourth-order valence-electron chi connectivity index (χ4n) is 1.66. The van der Waals surface area contributed by atoms with Crippen LogP contribution in [0.4, 0.5) is 10.1 Å². The lowest BCUT2D eigenvalue weighted by Crippen LogP contribution is -2.14. The van der Waals surface area contributed by atoms with Crippen molar-refractivity contribution in [2.24, 2.45) is 10.9 Å². The van der Waals surface area contributed by atoms with E-state index in [1.54, 1.807) is 12.1 Å². The Bertz CT molecular complexity index is 718. The summed E-state index contributed by atoms with van der Waals surface area (Å²) in [7, 11) is 0. The van der Waals surface area contributed by atoms with Gasteiger partial charge in [-0.15, -0.1) is 0 Å². The number of nitro groups is 1. The van der Waals surface area contributed by atoms with Crippen molar-refractivity contribution < 1.29 is 19.3 Å². The summed E-state index contributed by atoms with van der Waals surface area (Å²) in [5.74, 6) is -0.976. The molecular formula is C13H10FN3O4. The molecule has 0 bridgehead atoms. The summed E-state index contributed by atoms with van der Waals surface area (Å²) in [5.41, 5.74) is 5.22. The number of ether oxygens (including phenoxy) is 1. The van der Waals surface area contributed by atoms with Crippen molar-refractivity contribution in [3.05, 3.63) is 64.0 Å². The van der Waals surface area contributed by atoms with Crippen molar-refractivity contribution in [3.8, 4) is 11.5 Å². The molecule has 0 aliphatic carbocycles. The largest absolute Gasteiger partial charge is 0.449 e. The normalized spacial score (nSPS) is 11.2. The zero-order valence-corrected chi connectivity index (χ0v) is 10.6. The van der Waals surface area contributed by atoms with Crippen molar-refractivity contribution >= 4 is 11.5 Å². The third-order valence-electron chi connectivity index (χ3n) is 2.61. The summed E-state index contributed by atoms with van der Waals surface area (Å²) >= 11 is 0. The van der Waals surface area contributed by atoms with Crippen LogP contribution in [0.15, 0.2) is 47.6 Å². The van der Waals surface area contributed by atoms with Crippen LogP contribution in [-0.4, -0.2) is 16.0 Å². The Labute approximate surface area is 118 Å². The molecular weight excluding hydrogens is 281 g/mol. The minimum absolute atomic E-state index is 0.141. The van der Waals surface area contributed by atoms with E-state index in [1.807, 2.05) is 0 Å². The van der Waals surface area contributed by atoms with Gasteiger partial charge in [-0.1, -0.05) is 17.3 Å². The number of benzene rings is 2. The van der Waals surface area contributed by atoms with Gasteiger partial charge in [0, 0.05) is 0 Å². The van der Waals surface area contributed by atoms with Gasteiger partial charge >= 0.3 is 5.69 Å². The summed E-state index contributed by atoms with van der Waals surface area (Å²) in [6.07, 6.45) is 0. The van der Waals surface area contributed by atoms with Crippen molar-refractivity contribution in [1.29, 1.82) is 0 Å². The minimum atomic E-state index is -0.759. The second-order valence-electron chi connectivity index (χ2n) is 3.95. The molecule has 8 heteroatoms. The predicted molar refractivity (Wildman–Crippen MR) is 72.1 cm³/mol. The van der Waals surface area contributed by atoms with Crippen molar-refractivity contribution in [1.82, 2.24) is 0 Å². The third kappa shape index (κ3) is 3.06. The molecule has 0 radical (unpaired) electrons. The molecule has 0 amide bonds. The standard InChI is InChI=1S/C13H10FN3O4/c14-8-5-6-12(10(7-8)17(19)20)21-11-4-2-1-3-9(11)13(15)16-18/h1-7,18H,(H2,15,16). The zero-order valence-electron chi connectivity index (χ0n) is 10.6. The average Bonchev–Trinajstić information content (AvgIpc) is 2.48. The number of halogens is 1. The maximum Gasteiger partial charge on any atom is 0.314 e. The Morgan fingerprint density at radius 3 is 2.67 bits per heavy atom. The molecule has 0 saturated carbocycles. The molecule has 108 valence electrons. The van der Waals surface area contributed by atoms with Gasteiger partial charge in [-0.05, 0) is 24.3 Å². The molecule has 0 heterocycles. The first-order valence-electron chi connectivity index (χ1n) is 5.71. The molecule has 3 N–H and O–H groups in total. The third-order valence-corrected chi connectivity index (χ3v) is 2.61. The van der Waals surface area contributed by atoms with Gasteiger partial charge in [0.2, 0.25) is 5.75 Å². The Hall–Kier alpha value is -3.16. The molecule has 2 rings (SSSR count). The van der Waals surface area contributed by atoms with Gasteiger partial charge in [0.1, 0.15) is 11.6 Å². The smallest absolute Gasteiger partial charge is 0.314 e. The first-order valence-corrected chi connectivity index (χ1v) is 5.71. The maximum atomic E-state index is 13.1. The molecule has 2 aromatic carbocycles. The number of oxime groups is 1. The van der Waals surface area contributed by atoms with Gasteiger partial charge in [0.15, 0.2) is 5.84 Å². The number of nitrogens with two attached hydrogens (primary N) is 1. The van der Waals surface area contributed by atoms with Crippen LogP contribution in [0.5, 0.6) is 11.5 Å². The summed E-state index contributed by atoms with van der Waals surface area (Å²) < 4.78 is 18.5. The fourth-order valence-corrected chi connectivity index (χ4v) is 1.66. The summed E-state index contributed by atoms with van der Waals surface area (Å²) in [6.45, 7) is 0. The quantitative estimate of drug-likeness (QED) is 0.296. The molecule has 0 atom stereocenters. The van der Waals surface area contributed by atoms with E-state index in [-0.39, 0.29) is 22.9 Å². The number of rotatable bonds is 4. The van der Waals surface area contributed by atoms with E-state index >= 15 is 0 Å². The number of amidine groups is 1. The molecule has 0 aliphatic rings. The monoisotopic (exact) mass is 291 g/mol. The average molecular weight is 291 g/mol. The highest BCUT2D eigenvalue weighted by Gasteiger charge is 2.18. The summed E-state index contributed by atoms with van der Waals surface area (Å²) in [4.78, 5) is 10.2. The topological polar surface area (TPSA) is 111 Å². The molecule has 21 heavy (non-hydrogen) atoms. The van der Waals surface area contributed by atoms with E-state index < -0.39 is 16.4 Å². The molecule has 0 saturated heterocycles. The highest BCUT2D eigenvalue weighted by molar-refractivity contribution is 5.99. The number of nitro benzene ring substituents is 1. The van der Waals surface area contributed by atoms with E-state index in [9.17, 15) is 14.5 Å². The van der Waals surface area contributed by atoms with Crippen LogP contribution in [0.25, 0.3) is 0 Å². The lowest BCUT2D eigenvalue weighted by molar-refractivity contribution is -0.385. The maximum absolute atomic E-state index is 13.1. The Balaban J connectivity index is 2.46. The molecule has 0 aliphatic heterocycles. The molecule has 2 aromatic rings. The van der Waals surface area contributed by atoms with Gasteiger partial charge in [-0.3, -0.25) is 10.1 Å². The minimum Gasteiger partial charge on any atom is -0.449 e. The first kappa shape index (κ1) is 14.3. The second kappa shape index (κ2) is 5.87. The number of para-hydroxylation sites is 1. The highest BCUT2D eigenvalue weighted by Crippen LogP contribution is 2.33. The van der Waals surface area contributed by atoms with Crippen LogP contribution in [0.1, 0.15) is 5.56 Å². The van der Waals surface area contributed by atoms with E-state index in [0.29, 0.717) is 0 Å². The lowest BCUT2D eigenvalue weighted by Gasteiger charge is -2.10. The molecule has 0 aromatic heterocycles. The molecule has 7 nitrogen and oxygen atoms in total. The van der Waals surface area contributed by atoms with Gasteiger partial charge in [0.25, 0.3) is 0 Å². The van der Waals surface area contributed by atoms with Crippen LogP contribution >= 0.6 is 0 Å². The van der Waals surface area contributed by atoms with Crippen molar-refractivity contribution in [2.45, 2.75) is 0 Å². The van der Waals surface area contributed by atoms with Crippen molar-refractivity contribution in [2.75, 3.05) is 0 Å². The number of hydrogen-bond donors (Lipinski definition) is 2. The van der Waals surface area contributed by atoms with Crippen LogP contribution in [0.2, 0.25) is 0 Å². The van der Waals surface area contributed by atoms with Crippen LogP contribution in [0, 0.1) is 15.9 Å².